The van der Waals surface area contributed by atoms with Gasteiger partial charge in [-0.1, -0.05) is 18.2 Å². The summed E-state index contributed by atoms with van der Waals surface area (Å²) in [6.07, 6.45) is 1.76. The molecule has 0 spiro atoms. The third-order valence-corrected chi connectivity index (χ3v) is 5.11. The van der Waals surface area contributed by atoms with E-state index in [0.29, 0.717) is 17.2 Å². The Kier molecular flexibility index (Phi) is 4.72. The summed E-state index contributed by atoms with van der Waals surface area (Å²) in [5, 5.41) is 12.5. The van der Waals surface area contributed by atoms with Crippen molar-refractivity contribution in [1.29, 1.82) is 0 Å². The number of nitrogens with one attached hydrogen (secondary N) is 1. The van der Waals surface area contributed by atoms with Crippen molar-refractivity contribution in [2.24, 2.45) is 0 Å². The quantitative estimate of drug-likeness (QED) is 0.692. The molecule has 2 N–H and O–H groups in total. The summed E-state index contributed by atoms with van der Waals surface area (Å²) in [4.78, 5) is 24.3. The standard InChI is InChI=1S/C22H20N2O5/c1-28-15-8-6-13(7-9-15)17-11-19(25)23-20-18(22(26)27)12-24(21(17)20)14-4-3-5-16(10-14)29-2/h3-10,12,17H,11H2,1-2H3,(H,23,25)(H,26,27)/t17-/m1/s1. The second-order valence-electron chi connectivity index (χ2n) is 6.76. The largest absolute Gasteiger partial charge is 0.497 e. The third kappa shape index (κ3) is 3.31. The Bertz CT molecular complexity index is 1090. The molecule has 2 aromatic carbocycles. The van der Waals surface area contributed by atoms with Gasteiger partial charge in [-0.3, -0.25) is 4.79 Å². The van der Waals surface area contributed by atoms with Gasteiger partial charge in [-0.25, -0.2) is 4.79 Å². The molecule has 0 bridgehead atoms. The van der Waals surface area contributed by atoms with Gasteiger partial charge in [-0.15, -0.1) is 0 Å². The molecule has 7 heteroatoms. The van der Waals surface area contributed by atoms with Crippen molar-refractivity contribution < 1.29 is 24.2 Å². The molecule has 1 aliphatic rings. The first kappa shape index (κ1) is 18.6. The van der Waals surface area contributed by atoms with E-state index in [1.54, 1.807) is 20.4 Å². The molecule has 4 rings (SSSR count). The van der Waals surface area contributed by atoms with E-state index in [1.165, 1.54) is 0 Å². The number of fused-ring (bicyclic) bond motifs is 1. The summed E-state index contributed by atoms with van der Waals surface area (Å²) in [7, 11) is 3.17. The van der Waals surface area contributed by atoms with Crippen LogP contribution in [0.15, 0.2) is 54.7 Å². The Morgan fingerprint density at radius 3 is 2.48 bits per heavy atom. The minimum Gasteiger partial charge on any atom is -0.497 e. The maximum absolute atomic E-state index is 12.4. The SMILES string of the molecule is COc1ccc([C@H]2CC(=O)Nc3c(C(=O)O)cn(-c4cccc(OC)c4)c32)cc1. The molecule has 1 aliphatic heterocycles. The number of rotatable bonds is 5. The molecule has 0 fully saturated rings. The van der Waals surface area contributed by atoms with E-state index >= 15 is 0 Å². The van der Waals surface area contributed by atoms with Crippen LogP contribution in [0.3, 0.4) is 0 Å². The molecule has 1 atom stereocenters. The Morgan fingerprint density at radius 2 is 1.83 bits per heavy atom. The fraction of sp³-hybridized carbons (Fsp3) is 0.182. The zero-order chi connectivity index (χ0) is 20.5. The number of aromatic nitrogens is 1. The molecule has 1 amide bonds. The molecule has 7 nitrogen and oxygen atoms in total. The van der Waals surface area contributed by atoms with Crippen molar-refractivity contribution in [2.75, 3.05) is 19.5 Å². The number of carbonyl (C=O) groups is 2. The van der Waals surface area contributed by atoms with Crippen molar-refractivity contribution in [1.82, 2.24) is 4.57 Å². The van der Waals surface area contributed by atoms with E-state index in [9.17, 15) is 14.7 Å². The van der Waals surface area contributed by atoms with Crippen LogP contribution in [-0.2, 0) is 4.79 Å². The molecule has 0 unspecified atom stereocenters. The molecule has 3 aromatic rings. The average molecular weight is 392 g/mol. The summed E-state index contributed by atoms with van der Waals surface area (Å²) in [6, 6.07) is 14.8. The van der Waals surface area contributed by atoms with E-state index in [4.69, 9.17) is 9.47 Å². The summed E-state index contributed by atoms with van der Waals surface area (Å²) < 4.78 is 12.4. The predicted octanol–water partition coefficient (Wildman–Crippen LogP) is 3.67. The number of carboxylic acids is 1. The Balaban J connectivity index is 1.93. The van der Waals surface area contributed by atoms with Gasteiger partial charge in [0, 0.05) is 30.3 Å². The van der Waals surface area contributed by atoms with Crippen LogP contribution in [0.25, 0.3) is 5.69 Å². The molecule has 0 saturated carbocycles. The predicted molar refractivity (Wildman–Crippen MR) is 107 cm³/mol. The van der Waals surface area contributed by atoms with Crippen LogP contribution in [-0.4, -0.2) is 35.8 Å². The first-order valence-corrected chi connectivity index (χ1v) is 9.08. The molecular weight excluding hydrogens is 372 g/mol. The number of amides is 1. The van der Waals surface area contributed by atoms with Crippen LogP contribution >= 0.6 is 0 Å². The van der Waals surface area contributed by atoms with Crippen molar-refractivity contribution in [2.45, 2.75) is 12.3 Å². The highest BCUT2D eigenvalue weighted by Crippen LogP contribution is 2.42. The van der Waals surface area contributed by atoms with E-state index < -0.39 is 5.97 Å². The Hall–Kier alpha value is -3.74. The topological polar surface area (TPSA) is 89.8 Å². The number of carboxylic acid groups (broad SMARTS) is 1. The van der Waals surface area contributed by atoms with Gasteiger partial charge in [-0.2, -0.15) is 0 Å². The third-order valence-electron chi connectivity index (χ3n) is 5.11. The maximum Gasteiger partial charge on any atom is 0.339 e. The highest BCUT2D eigenvalue weighted by molar-refractivity contribution is 6.04. The molecule has 2 heterocycles. The van der Waals surface area contributed by atoms with E-state index in [2.05, 4.69) is 5.32 Å². The lowest BCUT2D eigenvalue weighted by Crippen LogP contribution is -2.25. The van der Waals surface area contributed by atoms with Gasteiger partial charge < -0.3 is 24.5 Å². The molecule has 148 valence electrons. The zero-order valence-corrected chi connectivity index (χ0v) is 16.0. The number of anilines is 1. The lowest BCUT2D eigenvalue weighted by Gasteiger charge is -2.26. The number of hydrogen-bond acceptors (Lipinski definition) is 4. The molecule has 29 heavy (non-hydrogen) atoms. The summed E-state index contributed by atoms with van der Waals surface area (Å²) in [5.41, 5.74) is 2.76. The number of hydrogen-bond donors (Lipinski definition) is 2. The molecule has 0 saturated heterocycles. The van der Waals surface area contributed by atoms with Gasteiger partial charge in [0.15, 0.2) is 0 Å². The lowest BCUT2D eigenvalue weighted by atomic mass is 9.88. The van der Waals surface area contributed by atoms with Crippen LogP contribution in [0.4, 0.5) is 5.69 Å². The van der Waals surface area contributed by atoms with Crippen molar-refractivity contribution >= 4 is 17.6 Å². The lowest BCUT2D eigenvalue weighted by molar-refractivity contribution is -0.116. The normalized spacial score (nSPS) is 15.4. The van der Waals surface area contributed by atoms with Crippen LogP contribution in [0.5, 0.6) is 11.5 Å². The minimum atomic E-state index is -1.10. The maximum atomic E-state index is 12.4. The van der Waals surface area contributed by atoms with Crippen LogP contribution < -0.4 is 14.8 Å². The van der Waals surface area contributed by atoms with Crippen molar-refractivity contribution in [3.05, 3.63) is 71.5 Å². The smallest absolute Gasteiger partial charge is 0.339 e. The number of benzene rings is 2. The fourth-order valence-electron chi connectivity index (χ4n) is 3.72. The van der Waals surface area contributed by atoms with Gasteiger partial charge in [0.25, 0.3) is 0 Å². The minimum absolute atomic E-state index is 0.0504. The first-order chi connectivity index (χ1) is 14.0. The molecular formula is C22H20N2O5. The van der Waals surface area contributed by atoms with Gasteiger partial charge in [0.1, 0.15) is 17.1 Å². The van der Waals surface area contributed by atoms with Gasteiger partial charge >= 0.3 is 5.97 Å². The van der Waals surface area contributed by atoms with Gasteiger partial charge in [0.05, 0.1) is 25.6 Å². The number of aromatic carboxylic acids is 1. The van der Waals surface area contributed by atoms with Gasteiger partial charge in [-0.05, 0) is 29.8 Å². The van der Waals surface area contributed by atoms with Crippen molar-refractivity contribution in [3.63, 3.8) is 0 Å². The molecule has 0 radical (unpaired) electrons. The van der Waals surface area contributed by atoms with E-state index in [-0.39, 0.29) is 23.8 Å². The first-order valence-electron chi connectivity index (χ1n) is 9.08. The number of ether oxygens (including phenoxy) is 2. The average Bonchev–Trinajstić information content (AvgIpc) is 3.13. The van der Waals surface area contributed by atoms with Crippen molar-refractivity contribution in [3.8, 4) is 17.2 Å². The second kappa shape index (κ2) is 7.35. The van der Waals surface area contributed by atoms with Gasteiger partial charge in [0.2, 0.25) is 5.91 Å². The van der Waals surface area contributed by atoms with E-state index in [0.717, 1.165) is 16.9 Å². The molecule has 1 aromatic heterocycles. The molecule has 0 aliphatic carbocycles. The second-order valence-corrected chi connectivity index (χ2v) is 6.76. The monoisotopic (exact) mass is 392 g/mol. The summed E-state index contributed by atoms with van der Waals surface area (Å²) in [6.45, 7) is 0. The zero-order valence-electron chi connectivity index (χ0n) is 16.0. The summed E-state index contributed by atoms with van der Waals surface area (Å²) in [5.74, 6) is -0.252. The van der Waals surface area contributed by atoms with Crippen LogP contribution in [0, 0.1) is 0 Å². The van der Waals surface area contributed by atoms with Crippen LogP contribution in [0.2, 0.25) is 0 Å². The highest BCUT2D eigenvalue weighted by atomic mass is 16.5. The highest BCUT2D eigenvalue weighted by Gasteiger charge is 2.34. The summed E-state index contributed by atoms with van der Waals surface area (Å²) >= 11 is 0. The number of carbonyl (C=O) groups excluding carboxylic acids is 1. The fourth-order valence-corrected chi connectivity index (χ4v) is 3.72. The number of methoxy groups -OCH3 is 2. The van der Waals surface area contributed by atoms with Crippen LogP contribution in [0.1, 0.15) is 34.0 Å². The Morgan fingerprint density at radius 1 is 1.10 bits per heavy atom. The number of nitrogens with zero attached hydrogens (tertiary/aromatic N) is 1. The van der Waals surface area contributed by atoms with E-state index in [1.807, 2.05) is 53.1 Å². The Labute approximate surface area is 167 Å².